The van der Waals surface area contributed by atoms with E-state index in [-0.39, 0.29) is 11.5 Å². The van der Waals surface area contributed by atoms with Gasteiger partial charge < -0.3 is 4.74 Å². The van der Waals surface area contributed by atoms with E-state index in [1.807, 2.05) is 20.0 Å². The largest absolute Gasteiger partial charge is 0.449 e. The fourth-order valence-corrected chi connectivity index (χ4v) is 2.17. The first-order valence-electron chi connectivity index (χ1n) is 6.10. The summed E-state index contributed by atoms with van der Waals surface area (Å²) in [6.07, 6.45) is 3.61. The van der Waals surface area contributed by atoms with Gasteiger partial charge in [-0.05, 0) is 31.8 Å². The zero-order chi connectivity index (χ0) is 13.2. The molecule has 1 rings (SSSR count). The lowest BCUT2D eigenvalue weighted by atomic mass is 9.75. The maximum Gasteiger partial charge on any atom is 0.418 e. The molecular weight excluding hydrogens is 214 g/mol. The average Bonchev–Trinajstić information content (AvgIpc) is 2.20. The minimum Gasteiger partial charge on any atom is -0.449 e. The molecule has 0 spiro atoms. The van der Waals surface area contributed by atoms with Crippen molar-refractivity contribution >= 4 is 6.09 Å². The minimum atomic E-state index is -0.298. The molecule has 1 atom stereocenters. The number of ether oxygens (including phenoxy) is 1. The first-order chi connectivity index (χ1) is 7.79. The Morgan fingerprint density at radius 1 is 1.41 bits per heavy atom. The van der Waals surface area contributed by atoms with Crippen LogP contribution in [0.15, 0.2) is 23.5 Å². The summed E-state index contributed by atoms with van der Waals surface area (Å²) >= 11 is 0. The van der Waals surface area contributed by atoms with Crippen LogP contribution in [0.4, 0.5) is 4.79 Å². The topological polar surface area (TPSA) is 29.5 Å². The van der Waals surface area contributed by atoms with Crippen LogP contribution >= 0.6 is 0 Å². The van der Waals surface area contributed by atoms with Gasteiger partial charge in [0.15, 0.2) is 0 Å². The van der Waals surface area contributed by atoms with Crippen molar-refractivity contribution in [1.82, 2.24) is 4.90 Å². The summed E-state index contributed by atoms with van der Waals surface area (Å²) in [7, 11) is 0. The highest BCUT2D eigenvalue weighted by atomic mass is 16.6. The molecule has 1 amide bonds. The minimum absolute atomic E-state index is 0.169. The molecule has 0 bridgehead atoms. The fourth-order valence-electron chi connectivity index (χ4n) is 2.17. The summed E-state index contributed by atoms with van der Waals surface area (Å²) in [4.78, 5) is 13.3. The van der Waals surface area contributed by atoms with Crippen LogP contribution in [0, 0.1) is 11.3 Å². The van der Waals surface area contributed by atoms with E-state index in [1.165, 1.54) is 5.57 Å². The Kier molecular flexibility index (Phi) is 4.02. The maximum atomic E-state index is 11.7. The molecule has 1 aliphatic heterocycles. The van der Waals surface area contributed by atoms with Crippen LogP contribution in [0.5, 0.6) is 0 Å². The summed E-state index contributed by atoms with van der Waals surface area (Å²) in [5, 5.41) is 0. The van der Waals surface area contributed by atoms with E-state index in [0.717, 1.165) is 5.70 Å². The van der Waals surface area contributed by atoms with Crippen molar-refractivity contribution in [2.45, 2.75) is 41.5 Å². The SMILES string of the molecule is CCOC(=O)N1C=CC(C(C)(C)C)C(C)=C1C. The maximum absolute atomic E-state index is 11.7. The molecule has 0 saturated heterocycles. The molecule has 1 heterocycles. The van der Waals surface area contributed by atoms with Crippen molar-refractivity contribution in [2.75, 3.05) is 6.61 Å². The third-order valence-electron chi connectivity index (χ3n) is 3.22. The Morgan fingerprint density at radius 2 is 2.00 bits per heavy atom. The number of amides is 1. The highest BCUT2D eigenvalue weighted by molar-refractivity contribution is 5.72. The highest BCUT2D eigenvalue weighted by Gasteiger charge is 2.30. The van der Waals surface area contributed by atoms with Gasteiger partial charge in [0.25, 0.3) is 0 Å². The second-order valence-electron chi connectivity index (χ2n) is 5.52. The summed E-state index contributed by atoms with van der Waals surface area (Å²) in [5.74, 6) is 0.369. The zero-order valence-electron chi connectivity index (χ0n) is 11.7. The van der Waals surface area contributed by atoms with Crippen LogP contribution in [0.2, 0.25) is 0 Å². The summed E-state index contributed by atoms with van der Waals surface area (Å²) < 4.78 is 5.02. The van der Waals surface area contributed by atoms with Crippen LogP contribution in [0.3, 0.4) is 0 Å². The van der Waals surface area contributed by atoms with E-state index < -0.39 is 0 Å². The Bertz CT molecular complexity index is 361. The molecule has 17 heavy (non-hydrogen) atoms. The summed E-state index contributed by atoms with van der Waals surface area (Å²) in [6.45, 7) is 12.9. The van der Waals surface area contributed by atoms with Gasteiger partial charge in [-0.2, -0.15) is 0 Å². The number of hydrogen-bond donors (Lipinski definition) is 0. The van der Waals surface area contributed by atoms with Crippen LogP contribution < -0.4 is 0 Å². The molecule has 0 aromatic rings. The highest BCUT2D eigenvalue weighted by Crippen LogP contribution is 2.37. The van der Waals surface area contributed by atoms with Crippen molar-refractivity contribution in [3.05, 3.63) is 23.5 Å². The van der Waals surface area contributed by atoms with Gasteiger partial charge in [0.05, 0.1) is 6.61 Å². The van der Waals surface area contributed by atoms with Crippen LogP contribution in [-0.2, 0) is 4.74 Å². The van der Waals surface area contributed by atoms with Gasteiger partial charge in [-0.3, -0.25) is 4.90 Å². The normalized spacial score (nSPS) is 20.8. The molecular formula is C14H23NO2. The van der Waals surface area contributed by atoms with Gasteiger partial charge in [0.1, 0.15) is 0 Å². The molecule has 0 radical (unpaired) electrons. The summed E-state index contributed by atoms with van der Waals surface area (Å²) in [6, 6.07) is 0. The molecule has 1 unspecified atom stereocenters. The van der Waals surface area contributed by atoms with Gasteiger partial charge in [-0.15, -0.1) is 0 Å². The number of allylic oxidation sites excluding steroid dienone is 3. The standard InChI is InChI=1S/C14H23NO2/c1-7-17-13(16)15-9-8-12(14(4,5)6)10(2)11(15)3/h8-9,12H,7H2,1-6H3. The van der Waals surface area contributed by atoms with Gasteiger partial charge in [-0.25, -0.2) is 4.79 Å². The first kappa shape index (κ1) is 13.8. The Morgan fingerprint density at radius 3 is 2.47 bits per heavy atom. The molecule has 0 aliphatic carbocycles. The third kappa shape index (κ3) is 2.90. The van der Waals surface area contributed by atoms with E-state index >= 15 is 0 Å². The van der Waals surface area contributed by atoms with E-state index in [1.54, 1.807) is 4.90 Å². The molecule has 0 aromatic carbocycles. The molecule has 0 saturated carbocycles. The Hall–Kier alpha value is -1.25. The van der Waals surface area contributed by atoms with Crippen LogP contribution in [0.1, 0.15) is 41.5 Å². The molecule has 0 aromatic heterocycles. The monoisotopic (exact) mass is 237 g/mol. The number of carbonyl (C=O) groups excluding carboxylic acids is 1. The third-order valence-corrected chi connectivity index (χ3v) is 3.22. The molecule has 1 aliphatic rings. The predicted molar refractivity (Wildman–Crippen MR) is 69.3 cm³/mol. The van der Waals surface area contributed by atoms with Crippen LogP contribution in [0.25, 0.3) is 0 Å². The lowest BCUT2D eigenvalue weighted by molar-refractivity contribution is 0.128. The molecule has 3 heteroatoms. The van der Waals surface area contributed by atoms with Gasteiger partial charge in [0.2, 0.25) is 0 Å². The van der Waals surface area contributed by atoms with E-state index in [4.69, 9.17) is 4.74 Å². The average molecular weight is 237 g/mol. The second-order valence-corrected chi connectivity index (χ2v) is 5.52. The van der Waals surface area contributed by atoms with Crippen molar-refractivity contribution in [1.29, 1.82) is 0 Å². The van der Waals surface area contributed by atoms with E-state index in [0.29, 0.717) is 12.5 Å². The van der Waals surface area contributed by atoms with Gasteiger partial charge in [0, 0.05) is 17.8 Å². The molecule has 96 valence electrons. The van der Waals surface area contributed by atoms with Crippen molar-refractivity contribution < 1.29 is 9.53 Å². The number of rotatable bonds is 1. The summed E-state index contributed by atoms with van der Waals surface area (Å²) in [5.41, 5.74) is 2.38. The number of carbonyl (C=O) groups is 1. The van der Waals surface area contributed by atoms with Crippen molar-refractivity contribution in [3.63, 3.8) is 0 Å². The number of nitrogens with zero attached hydrogens (tertiary/aromatic N) is 1. The van der Waals surface area contributed by atoms with Crippen LogP contribution in [-0.4, -0.2) is 17.6 Å². The van der Waals surface area contributed by atoms with Gasteiger partial charge in [-0.1, -0.05) is 26.8 Å². The van der Waals surface area contributed by atoms with Crippen molar-refractivity contribution in [3.8, 4) is 0 Å². The molecule has 0 fully saturated rings. The van der Waals surface area contributed by atoms with Gasteiger partial charge >= 0.3 is 6.09 Å². The lowest BCUT2D eigenvalue weighted by Gasteiger charge is -2.35. The molecule has 3 nitrogen and oxygen atoms in total. The molecule has 0 N–H and O–H groups in total. The number of hydrogen-bond acceptors (Lipinski definition) is 2. The lowest BCUT2D eigenvalue weighted by Crippen LogP contribution is -2.32. The second kappa shape index (κ2) is 4.94. The quantitative estimate of drug-likeness (QED) is 0.691. The zero-order valence-corrected chi connectivity index (χ0v) is 11.7. The van der Waals surface area contributed by atoms with E-state index in [2.05, 4.69) is 33.8 Å². The van der Waals surface area contributed by atoms with Crippen molar-refractivity contribution in [2.24, 2.45) is 11.3 Å². The Balaban J connectivity index is 2.96. The smallest absolute Gasteiger partial charge is 0.418 e. The first-order valence-corrected chi connectivity index (χ1v) is 6.10. The fraction of sp³-hybridized carbons (Fsp3) is 0.643. The predicted octanol–water partition coefficient (Wildman–Crippen LogP) is 3.93. The van der Waals surface area contributed by atoms with E-state index in [9.17, 15) is 4.79 Å². The Labute approximate surface area is 104 Å².